The largest absolute Gasteiger partial charge is 0.433 e. The molecule has 36 heavy (non-hydrogen) atoms. The number of alkyl halides is 3. The molecule has 0 aliphatic heterocycles. The quantitative estimate of drug-likeness (QED) is 0.415. The summed E-state index contributed by atoms with van der Waals surface area (Å²) >= 11 is 0. The maximum atomic E-state index is 13.9. The molecule has 12 heteroatoms. The van der Waals surface area contributed by atoms with Gasteiger partial charge in [-0.25, -0.2) is 9.50 Å². The lowest BCUT2D eigenvalue weighted by Crippen LogP contribution is -2.27. The summed E-state index contributed by atoms with van der Waals surface area (Å²) in [5, 5.41) is 13.1. The molecule has 0 aliphatic carbocycles. The summed E-state index contributed by atoms with van der Waals surface area (Å²) in [5.41, 5.74) is 1.22. The second-order valence-corrected chi connectivity index (χ2v) is 8.36. The third-order valence-corrected chi connectivity index (χ3v) is 5.69. The Hall–Kier alpha value is -4.22. The molecule has 188 valence electrons. The van der Waals surface area contributed by atoms with Crippen LogP contribution in [0.2, 0.25) is 0 Å². The van der Waals surface area contributed by atoms with E-state index in [9.17, 15) is 22.8 Å². The first-order valence-electron chi connectivity index (χ1n) is 11.2. The fraction of sp³-hybridized carbons (Fsp3) is 0.292. The van der Waals surface area contributed by atoms with Gasteiger partial charge in [0.05, 0.1) is 17.6 Å². The van der Waals surface area contributed by atoms with Gasteiger partial charge in [0.25, 0.3) is 11.8 Å². The van der Waals surface area contributed by atoms with Gasteiger partial charge in [0.15, 0.2) is 17.0 Å². The van der Waals surface area contributed by atoms with Crippen LogP contribution in [0.15, 0.2) is 36.5 Å². The van der Waals surface area contributed by atoms with Crippen molar-refractivity contribution in [3.63, 3.8) is 0 Å². The standard InChI is InChI=1S/C24H24F3N7O2/c1-5-8-28-23(36)21-18(12-29-33(21)4)31-22(35)17-11-20-30-16(15-7-6-13(2)14(3)9-15)10-19(24(25,26)27)34(20)32-17/h6-7,9-12H,5,8H2,1-4H3,(H,28,36)(H,31,35). The number of benzene rings is 1. The minimum atomic E-state index is -4.75. The predicted octanol–water partition coefficient (Wildman–Crippen LogP) is 4.16. The van der Waals surface area contributed by atoms with Gasteiger partial charge in [-0.05, 0) is 43.5 Å². The van der Waals surface area contributed by atoms with E-state index in [2.05, 4.69) is 25.8 Å². The molecule has 0 atom stereocenters. The molecule has 3 heterocycles. The highest BCUT2D eigenvalue weighted by atomic mass is 19.4. The molecular weight excluding hydrogens is 475 g/mol. The zero-order valence-electron chi connectivity index (χ0n) is 20.1. The van der Waals surface area contributed by atoms with Crippen LogP contribution < -0.4 is 10.6 Å². The van der Waals surface area contributed by atoms with Crippen molar-refractivity contribution >= 4 is 23.1 Å². The molecule has 0 fully saturated rings. The van der Waals surface area contributed by atoms with E-state index in [0.29, 0.717) is 23.0 Å². The highest BCUT2D eigenvalue weighted by molar-refractivity contribution is 6.07. The van der Waals surface area contributed by atoms with E-state index >= 15 is 0 Å². The smallest absolute Gasteiger partial charge is 0.351 e. The van der Waals surface area contributed by atoms with Crippen LogP contribution in [0.1, 0.15) is 51.1 Å². The third kappa shape index (κ3) is 4.79. The molecule has 9 nitrogen and oxygen atoms in total. The van der Waals surface area contributed by atoms with Gasteiger partial charge in [0.2, 0.25) is 0 Å². The van der Waals surface area contributed by atoms with E-state index < -0.39 is 23.7 Å². The first-order chi connectivity index (χ1) is 17.0. The highest BCUT2D eigenvalue weighted by Crippen LogP contribution is 2.33. The molecular formula is C24H24F3N7O2. The van der Waals surface area contributed by atoms with Crippen molar-refractivity contribution in [1.82, 2.24) is 29.7 Å². The SMILES string of the molecule is CCCNC(=O)c1c(NC(=O)c2cc3nc(-c4ccc(C)c(C)c4)cc(C(F)(F)F)n3n2)cnn1C. The number of hydrogen-bond donors (Lipinski definition) is 2. The summed E-state index contributed by atoms with van der Waals surface area (Å²) in [6, 6.07) is 7.33. The van der Waals surface area contributed by atoms with E-state index in [1.165, 1.54) is 24.0 Å². The number of nitrogens with one attached hydrogen (secondary N) is 2. The Morgan fingerprint density at radius 1 is 1.06 bits per heavy atom. The fourth-order valence-electron chi connectivity index (χ4n) is 3.64. The molecule has 0 saturated heterocycles. The molecule has 4 aromatic rings. The molecule has 0 unspecified atom stereocenters. The number of halogens is 3. The van der Waals surface area contributed by atoms with Crippen molar-refractivity contribution in [1.29, 1.82) is 0 Å². The number of carbonyl (C=O) groups is 2. The van der Waals surface area contributed by atoms with Crippen LogP contribution in [0, 0.1) is 13.8 Å². The Morgan fingerprint density at radius 3 is 2.47 bits per heavy atom. The van der Waals surface area contributed by atoms with Crippen LogP contribution in [-0.2, 0) is 13.2 Å². The topological polar surface area (TPSA) is 106 Å². The summed E-state index contributed by atoms with van der Waals surface area (Å²) in [5.74, 6) is -1.25. The van der Waals surface area contributed by atoms with Crippen molar-refractivity contribution < 1.29 is 22.8 Å². The number of carbonyl (C=O) groups excluding carboxylic acids is 2. The van der Waals surface area contributed by atoms with Gasteiger partial charge in [-0.15, -0.1) is 0 Å². The van der Waals surface area contributed by atoms with Gasteiger partial charge < -0.3 is 10.6 Å². The van der Waals surface area contributed by atoms with Gasteiger partial charge in [0.1, 0.15) is 5.69 Å². The number of anilines is 1. The zero-order valence-corrected chi connectivity index (χ0v) is 20.1. The van der Waals surface area contributed by atoms with Crippen molar-refractivity contribution in [3.05, 3.63) is 64.7 Å². The lowest BCUT2D eigenvalue weighted by Gasteiger charge is -2.11. The van der Waals surface area contributed by atoms with E-state index in [1.807, 2.05) is 20.8 Å². The lowest BCUT2D eigenvalue weighted by atomic mass is 10.0. The highest BCUT2D eigenvalue weighted by Gasteiger charge is 2.36. The van der Waals surface area contributed by atoms with Crippen LogP contribution >= 0.6 is 0 Å². The molecule has 0 saturated carbocycles. The Labute approximate surface area is 204 Å². The summed E-state index contributed by atoms with van der Waals surface area (Å²) in [6.45, 7) is 6.08. The Balaban J connectivity index is 1.73. The monoisotopic (exact) mass is 499 g/mol. The summed E-state index contributed by atoms with van der Waals surface area (Å²) in [4.78, 5) is 29.7. The van der Waals surface area contributed by atoms with E-state index in [4.69, 9.17) is 0 Å². The Kier molecular flexibility index (Phi) is 6.53. The Morgan fingerprint density at radius 2 is 1.81 bits per heavy atom. The normalized spacial score (nSPS) is 11.6. The maximum Gasteiger partial charge on any atom is 0.433 e. The second-order valence-electron chi connectivity index (χ2n) is 8.36. The molecule has 2 amide bonds. The second kappa shape index (κ2) is 9.44. The van der Waals surface area contributed by atoms with Crippen molar-refractivity contribution in [2.75, 3.05) is 11.9 Å². The summed E-state index contributed by atoms with van der Waals surface area (Å²) in [6.07, 6.45) is -2.75. The van der Waals surface area contributed by atoms with E-state index in [-0.39, 0.29) is 28.4 Å². The summed E-state index contributed by atoms with van der Waals surface area (Å²) < 4.78 is 43.6. The lowest BCUT2D eigenvalue weighted by molar-refractivity contribution is -0.142. The predicted molar refractivity (Wildman–Crippen MR) is 127 cm³/mol. The van der Waals surface area contributed by atoms with Gasteiger partial charge in [-0.3, -0.25) is 14.3 Å². The average molecular weight is 499 g/mol. The van der Waals surface area contributed by atoms with Gasteiger partial charge >= 0.3 is 6.18 Å². The molecule has 3 aromatic heterocycles. The molecule has 0 bridgehead atoms. The number of rotatable bonds is 6. The van der Waals surface area contributed by atoms with E-state index in [0.717, 1.165) is 17.2 Å². The molecule has 0 aliphatic rings. The van der Waals surface area contributed by atoms with Crippen LogP contribution in [-0.4, -0.2) is 42.7 Å². The van der Waals surface area contributed by atoms with E-state index in [1.54, 1.807) is 18.2 Å². The Bertz CT molecular complexity index is 1470. The minimum absolute atomic E-state index is 0.103. The number of hydrogen-bond acceptors (Lipinski definition) is 5. The minimum Gasteiger partial charge on any atom is -0.351 e. The number of aromatic nitrogens is 5. The van der Waals surface area contributed by atoms with Gasteiger partial charge in [-0.2, -0.15) is 23.4 Å². The molecule has 0 radical (unpaired) electrons. The average Bonchev–Trinajstić information content (AvgIpc) is 3.41. The van der Waals surface area contributed by atoms with Crippen LogP contribution in [0.3, 0.4) is 0 Å². The third-order valence-electron chi connectivity index (χ3n) is 5.69. The summed E-state index contributed by atoms with van der Waals surface area (Å²) in [7, 11) is 1.54. The number of aryl methyl sites for hydroxylation is 3. The molecule has 0 spiro atoms. The van der Waals surface area contributed by atoms with Crippen molar-refractivity contribution in [2.24, 2.45) is 7.05 Å². The van der Waals surface area contributed by atoms with Crippen LogP contribution in [0.4, 0.5) is 18.9 Å². The van der Waals surface area contributed by atoms with Crippen molar-refractivity contribution in [3.8, 4) is 11.3 Å². The van der Waals surface area contributed by atoms with Crippen molar-refractivity contribution in [2.45, 2.75) is 33.4 Å². The molecule has 2 N–H and O–H groups in total. The molecule has 1 aromatic carbocycles. The molecule has 4 rings (SSSR count). The number of amides is 2. The number of nitrogens with zero attached hydrogens (tertiary/aromatic N) is 5. The van der Waals surface area contributed by atoms with Crippen LogP contribution in [0.5, 0.6) is 0 Å². The first-order valence-corrected chi connectivity index (χ1v) is 11.2. The zero-order chi connectivity index (χ0) is 26.2. The first kappa shape index (κ1) is 24.9. The van der Waals surface area contributed by atoms with Gasteiger partial charge in [0, 0.05) is 25.2 Å². The van der Waals surface area contributed by atoms with Crippen LogP contribution in [0.25, 0.3) is 16.9 Å². The maximum absolute atomic E-state index is 13.9. The van der Waals surface area contributed by atoms with Gasteiger partial charge in [-0.1, -0.05) is 19.1 Å². The number of fused-ring (bicyclic) bond motifs is 1. The fourth-order valence-corrected chi connectivity index (χ4v) is 3.64.